The lowest BCUT2D eigenvalue weighted by Crippen LogP contribution is -2.03. The Kier molecular flexibility index (Phi) is 6.45. The zero-order valence-corrected chi connectivity index (χ0v) is 9.96. The van der Waals surface area contributed by atoms with Crippen molar-refractivity contribution in [1.82, 2.24) is 0 Å². The van der Waals surface area contributed by atoms with Crippen LogP contribution >= 0.6 is 0 Å². The standard InChI is InChI=1S/C13H24O2/c1-2-15-13(14)11-5-3-4-8-12-9-6-7-10-12/h12H,2-11H2,1H3. The largest absolute Gasteiger partial charge is 0.466 e. The Balaban J connectivity index is 1.86. The van der Waals surface area contributed by atoms with Gasteiger partial charge in [0.05, 0.1) is 6.61 Å². The first-order chi connectivity index (χ1) is 7.33. The molecule has 0 N–H and O–H groups in total. The summed E-state index contributed by atoms with van der Waals surface area (Å²) in [4.78, 5) is 11.0. The van der Waals surface area contributed by atoms with Crippen LogP contribution in [0.1, 0.15) is 64.7 Å². The van der Waals surface area contributed by atoms with Crippen molar-refractivity contribution in [2.45, 2.75) is 64.7 Å². The van der Waals surface area contributed by atoms with Crippen molar-refractivity contribution in [1.29, 1.82) is 0 Å². The van der Waals surface area contributed by atoms with Crippen molar-refractivity contribution in [3.63, 3.8) is 0 Å². The fraction of sp³-hybridized carbons (Fsp3) is 0.923. The molecular weight excluding hydrogens is 188 g/mol. The lowest BCUT2D eigenvalue weighted by molar-refractivity contribution is -0.143. The van der Waals surface area contributed by atoms with Crippen molar-refractivity contribution < 1.29 is 9.53 Å². The predicted octanol–water partition coefficient (Wildman–Crippen LogP) is 3.69. The highest BCUT2D eigenvalue weighted by molar-refractivity contribution is 5.69. The summed E-state index contributed by atoms with van der Waals surface area (Å²) in [7, 11) is 0. The minimum atomic E-state index is -0.0293. The van der Waals surface area contributed by atoms with Gasteiger partial charge in [-0.05, 0) is 19.3 Å². The lowest BCUT2D eigenvalue weighted by Gasteiger charge is -2.07. The van der Waals surface area contributed by atoms with Crippen LogP contribution in [0.2, 0.25) is 0 Å². The maximum absolute atomic E-state index is 11.0. The van der Waals surface area contributed by atoms with E-state index in [1.165, 1.54) is 44.9 Å². The molecule has 1 rings (SSSR count). The second-order valence-electron chi connectivity index (χ2n) is 4.55. The molecule has 0 bridgehead atoms. The number of esters is 1. The summed E-state index contributed by atoms with van der Waals surface area (Å²) in [6.07, 6.45) is 11.2. The topological polar surface area (TPSA) is 26.3 Å². The molecule has 0 unspecified atom stereocenters. The van der Waals surface area contributed by atoms with Gasteiger partial charge in [-0.3, -0.25) is 4.79 Å². The van der Waals surface area contributed by atoms with Gasteiger partial charge in [0.15, 0.2) is 0 Å². The summed E-state index contributed by atoms with van der Waals surface area (Å²) in [5, 5.41) is 0. The van der Waals surface area contributed by atoms with Crippen LogP contribution in [0, 0.1) is 5.92 Å². The summed E-state index contributed by atoms with van der Waals surface area (Å²) in [5.41, 5.74) is 0. The van der Waals surface area contributed by atoms with Crippen LogP contribution < -0.4 is 0 Å². The third kappa shape index (κ3) is 5.81. The average Bonchev–Trinajstić information content (AvgIpc) is 2.70. The first kappa shape index (κ1) is 12.5. The van der Waals surface area contributed by atoms with Gasteiger partial charge in [-0.2, -0.15) is 0 Å². The monoisotopic (exact) mass is 212 g/mol. The summed E-state index contributed by atoms with van der Waals surface area (Å²) >= 11 is 0. The molecular formula is C13H24O2. The van der Waals surface area contributed by atoms with E-state index >= 15 is 0 Å². The van der Waals surface area contributed by atoms with Gasteiger partial charge in [-0.15, -0.1) is 0 Å². The van der Waals surface area contributed by atoms with Gasteiger partial charge >= 0.3 is 5.97 Å². The van der Waals surface area contributed by atoms with Crippen molar-refractivity contribution in [3.05, 3.63) is 0 Å². The predicted molar refractivity (Wildman–Crippen MR) is 61.7 cm³/mol. The van der Waals surface area contributed by atoms with Gasteiger partial charge in [0.25, 0.3) is 0 Å². The van der Waals surface area contributed by atoms with Crippen molar-refractivity contribution in [3.8, 4) is 0 Å². The minimum absolute atomic E-state index is 0.0293. The highest BCUT2D eigenvalue weighted by Crippen LogP contribution is 2.29. The maximum Gasteiger partial charge on any atom is 0.305 e. The van der Waals surface area contributed by atoms with E-state index in [0.29, 0.717) is 13.0 Å². The lowest BCUT2D eigenvalue weighted by atomic mass is 9.99. The van der Waals surface area contributed by atoms with Crippen LogP contribution in [0.25, 0.3) is 0 Å². The number of hydrogen-bond acceptors (Lipinski definition) is 2. The van der Waals surface area contributed by atoms with Gasteiger partial charge in [0.1, 0.15) is 0 Å². The molecule has 0 aliphatic heterocycles. The number of carbonyl (C=O) groups is 1. The molecule has 1 fully saturated rings. The molecule has 0 aromatic rings. The SMILES string of the molecule is CCOC(=O)CCCCCC1CCCC1. The Bertz CT molecular complexity index is 171. The zero-order chi connectivity index (χ0) is 10.9. The molecule has 0 heterocycles. The third-order valence-electron chi connectivity index (χ3n) is 3.27. The number of rotatable bonds is 7. The fourth-order valence-corrected chi connectivity index (χ4v) is 2.41. The highest BCUT2D eigenvalue weighted by atomic mass is 16.5. The van der Waals surface area contributed by atoms with E-state index in [4.69, 9.17) is 4.74 Å². The van der Waals surface area contributed by atoms with Crippen LogP contribution in [0.3, 0.4) is 0 Å². The molecule has 2 nitrogen and oxygen atoms in total. The van der Waals surface area contributed by atoms with Crippen LogP contribution in [-0.2, 0) is 9.53 Å². The number of unbranched alkanes of at least 4 members (excludes halogenated alkanes) is 2. The number of carbonyl (C=O) groups excluding carboxylic acids is 1. The van der Waals surface area contributed by atoms with E-state index in [2.05, 4.69) is 0 Å². The van der Waals surface area contributed by atoms with Gasteiger partial charge < -0.3 is 4.74 Å². The van der Waals surface area contributed by atoms with Crippen molar-refractivity contribution in [2.24, 2.45) is 5.92 Å². The Morgan fingerprint density at radius 1 is 1.20 bits per heavy atom. The highest BCUT2D eigenvalue weighted by Gasteiger charge is 2.13. The third-order valence-corrected chi connectivity index (χ3v) is 3.27. The van der Waals surface area contributed by atoms with E-state index in [-0.39, 0.29) is 5.97 Å². The van der Waals surface area contributed by atoms with Crippen LogP contribution in [0.5, 0.6) is 0 Å². The molecule has 0 amide bonds. The molecule has 2 heteroatoms. The molecule has 0 aromatic carbocycles. The molecule has 0 saturated heterocycles. The molecule has 88 valence electrons. The molecule has 0 radical (unpaired) electrons. The van der Waals surface area contributed by atoms with Crippen LogP contribution in [0.15, 0.2) is 0 Å². The normalized spacial score (nSPS) is 16.9. The van der Waals surface area contributed by atoms with Crippen molar-refractivity contribution in [2.75, 3.05) is 6.61 Å². The maximum atomic E-state index is 11.0. The Labute approximate surface area is 93.4 Å². The molecule has 1 aliphatic rings. The fourth-order valence-electron chi connectivity index (χ4n) is 2.41. The summed E-state index contributed by atoms with van der Waals surface area (Å²) < 4.78 is 4.88. The molecule has 0 aromatic heterocycles. The van der Waals surface area contributed by atoms with E-state index in [9.17, 15) is 4.79 Å². The molecule has 0 atom stereocenters. The van der Waals surface area contributed by atoms with E-state index in [1.807, 2.05) is 6.92 Å². The molecule has 1 saturated carbocycles. The van der Waals surface area contributed by atoms with E-state index in [1.54, 1.807) is 0 Å². The first-order valence-corrected chi connectivity index (χ1v) is 6.48. The van der Waals surface area contributed by atoms with Crippen LogP contribution in [0.4, 0.5) is 0 Å². The van der Waals surface area contributed by atoms with E-state index < -0.39 is 0 Å². The first-order valence-electron chi connectivity index (χ1n) is 6.48. The summed E-state index contributed by atoms with van der Waals surface area (Å²) in [6, 6.07) is 0. The Hall–Kier alpha value is -0.530. The zero-order valence-electron chi connectivity index (χ0n) is 9.96. The van der Waals surface area contributed by atoms with Gasteiger partial charge in [-0.25, -0.2) is 0 Å². The second kappa shape index (κ2) is 7.72. The van der Waals surface area contributed by atoms with Crippen molar-refractivity contribution >= 4 is 5.97 Å². The number of hydrogen-bond donors (Lipinski definition) is 0. The smallest absolute Gasteiger partial charge is 0.305 e. The summed E-state index contributed by atoms with van der Waals surface area (Å²) in [5.74, 6) is 0.964. The minimum Gasteiger partial charge on any atom is -0.466 e. The second-order valence-corrected chi connectivity index (χ2v) is 4.55. The molecule has 1 aliphatic carbocycles. The van der Waals surface area contributed by atoms with Gasteiger partial charge in [0, 0.05) is 6.42 Å². The Morgan fingerprint density at radius 2 is 1.93 bits per heavy atom. The Morgan fingerprint density at radius 3 is 2.60 bits per heavy atom. The molecule has 0 spiro atoms. The number of ether oxygens (including phenoxy) is 1. The quantitative estimate of drug-likeness (QED) is 0.475. The van der Waals surface area contributed by atoms with Gasteiger partial charge in [-0.1, -0.05) is 44.9 Å². The van der Waals surface area contributed by atoms with Crippen LogP contribution in [-0.4, -0.2) is 12.6 Å². The van der Waals surface area contributed by atoms with E-state index in [0.717, 1.165) is 12.3 Å². The molecule has 15 heavy (non-hydrogen) atoms. The summed E-state index contributed by atoms with van der Waals surface area (Å²) in [6.45, 7) is 2.37. The average molecular weight is 212 g/mol. The van der Waals surface area contributed by atoms with Gasteiger partial charge in [0.2, 0.25) is 0 Å².